The highest BCUT2D eigenvalue weighted by Crippen LogP contribution is 2.35. The third kappa shape index (κ3) is 15.1. The first-order valence-electron chi connectivity index (χ1n) is 28.4. The summed E-state index contributed by atoms with van der Waals surface area (Å²) in [5, 5.41) is 68.5. The van der Waals surface area contributed by atoms with E-state index in [4.69, 9.17) is 36.8 Å². The maximum Gasteiger partial charge on any atom is 0.415 e. The van der Waals surface area contributed by atoms with Gasteiger partial charge in [0.05, 0.1) is 22.5 Å². The second-order valence-electron chi connectivity index (χ2n) is 21.9. The summed E-state index contributed by atoms with van der Waals surface area (Å²) < 4.78 is 25.2. The number of aromatic nitrogens is 8. The number of terminal acetylenes is 1. The largest absolute Gasteiger partial charge is 0.415 e. The minimum Gasteiger partial charge on any atom is -0.410 e. The van der Waals surface area contributed by atoms with Crippen LogP contribution in [0.4, 0.5) is 32.6 Å². The van der Waals surface area contributed by atoms with Gasteiger partial charge in [-0.3, -0.25) is 39.0 Å². The lowest BCUT2D eigenvalue weighted by Gasteiger charge is -2.30. The Bertz CT molecular complexity index is 3720. The fraction of sp³-hybridized carbons (Fsp3) is 0.464. The number of nitrogens with two attached hydrogens (primary N) is 2. The fourth-order valence-corrected chi connectivity index (χ4v) is 10.7. The normalized spacial score (nSPS) is 23.4. The number of non-ortho nitro benzene ring substituents is 2. The number of likely N-dealkylation sites (tertiary alicyclic amines) is 2. The minimum atomic E-state index is -1.44. The maximum absolute atomic E-state index is 12.5. The molecule has 6 aliphatic rings. The van der Waals surface area contributed by atoms with Gasteiger partial charge in [0.2, 0.25) is 5.82 Å². The average Bonchev–Trinajstić information content (AvgIpc) is 1.69. The Kier molecular flexibility index (Phi) is 19.6. The number of nitrogens with zero attached hydrogens (tertiary/aromatic N) is 12. The molecule has 4 aliphatic heterocycles. The first-order chi connectivity index (χ1) is 42.7. The average molecular weight is 1340 g/mol. The number of carbonyl (C=O) groups is 4. The molecule has 2 saturated carbocycles. The summed E-state index contributed by atoms with van der Waals surface area (Å²) in [6.45, 7) is 2.19. The monoisotopic (exact) mass is 1340 g/mol. The molecule has 4 aromatic heterocycles. The van der Waals surface area contributed by atoms with Gasteiger partial charge in [0.1, 0.15) is 46.9 Å². The highest BCUT2D eigenvalue weighted by molar-refractivity contribution is 14.1. The number of nitro benzene ring substituents is 2. The van der Waals surface area contributed by atoms with Crippen LogP contribution >= 0.6 is 22.6 Å². The number of hydrogen-bond acceptors (Lipinski definition) is 24. The molecule has 468 valence electrons. The van der Waals surface area contributed by atoms with Crippen molar-refractivity contribution in [2.45, 2.75) is 125 Å². The zero-order valence-corrected chi connectivity index (χ0v) is 49.4. The Morgan fingerprint density at radius 3 is 1.46 bits per heavy atom. The van der Waals surface area contributed by atoms with Crippen molar-refractivity contribution in [3.05, 3.63) is 91.1 Å². The van der Waals surface area contributed by atoms with E-state index in [0.717, 1.165) is 44.9 Å². The molecular formula is C56H61IN16O16. The molecule has 0 spiro atoms. The van der Waals surface area contributed by atoms with Gasteiger partial charge in [0, 0.05) is 98.0 Å². The number of aliphatic hydroxyl groups excluding tert-OH is 4. The number of amides is 4. The molecule has 8 atom stereocenters. The van der Waals surface area contributed by atoms with Crippen molar-refractivity contribution < 1.29 is 68.4 Å². The summed E-state index contributed by atoms with van der Waals surface area (Å²) in [5.41, 5.74) is 13.0. The second-order valence-corrected chi connectivity index (χ2v) is 22.9. The topological polar surface area (TPSA) is 442 Å². The molecule has 4 amide bonds. The van der Waals surface area contributed by atoms with Gasteiger partial charge in [-0.25, -0.2) is 39.5 Å². The van der Waals surface area contributed by atoms with Crippen molar-refractivity contribution in [3.8, 4) is 35.7 Å². The van der Waals surface area contributed by atoms with Gasteiger partial charge < -0.3 is 71.3 Å². The number of aliphatic hydroxyl groups is 4. The predicted octanol–water partition coefficient (Wildman–Crippen LogP) is 2.61. The van der Waals surface area contributed by atoms with Crippen LogP contribution in [0.15, 0.2) is 61.2 Å². The molecule has 6 fully saturated rings. The number of fused-ring (bicyclic) bond motifs is 2. The highest BCUT2D eigenvalue weighted by atomic mass is 127. The minimum absolute atomic E-state index is 0.0371. The molecule has 6 aromatic rings. The Morgan fingerprint density at radius 1 is 0.629 bits per heavy atom. The van der Waals surface area contributed by atoms with Gasteiger partial charge in [-0.1, -0.05) is 5.92 Å². The SMILES string of the molecule is C#CCC1CCN(C(=O)Oc2ccc([N+](=O)[O-])cc2)CC1.Nc1nc(C#CCC2CCN(C(=O)Oc3ccc([N+](=O)[O-])cc3)CC2)nc2c1ncn2[C@@H]1O[C@H](C(=O)NC2CC2)C(O)[C@@H]1O.Nc1nc(I)nc2c1ncn2[C@@H]1O[C@H](C(=O)NC2CC2)C(O)[C@@H]1O. The summed E-state index contributed by atoms with van der Waals surface area (Å²) in [6, 6.07) is 11.0. The number of carbonyl (C=O) groups excluding carboxylic acids is 4. The molecule has 2 aliphatic carbocycles. The van der Waals surface area contributed by atoms with Gasteiger partial charge >= 0.3 is 12.2 Å². The number of anilines is 2. The van der Waals surface area contributed by atoms with Crippen LogP contribution in [0.3, 0.4) is 0 Å². The van der Waals surface area contributed by atoms with Crippen LogP contribution in [0, 0.1) is 60.1 Å². The number of nitrogen functional groups attached to an aromatic ring is 2. The first kappa shape index (κ1) is 63.1. The molecule has 12 rings (SSSR count). The zero-order valence-electron chi connectivity index (χ0n) is 47.3. The molecule has 33 heteroatoms. The second kappa shape index (κ2) is 27.6. The lowest BCUT2D eigenvalue weighted by atomic mass is 9.94. The number of ether oxygens (including phenoxy) is 4. The van der Waals surface area contributed by atoms with E-state index in [1.54, 1.807) is 9.80 Å². The molecule has 10 N–H and O–H groups in total. The molecule has 8 heterocycles. The summed E-state index contributed by atoms with van der Waals surface area (Å²) in [4.78, 5) is 98.0. The molecule has 32 nitrogen and oxygen atoms in total. The van der Waals surface area contributed by atoms with Crippen LogP contribution < -0.4 is 31.6 Å². The van der Waals surface area contributed by atoms with E-state index >= 15 is 0 Å². The van der Waals surface area contributed by atoms with Crippen molar-refractivity contribution in [3.63, 3.8) is 0 Å². The summed E-state index contributed by atoms with van der Waals surface area (Å²) in [7, 11) is 0. The van der Waals surface area contributed by atoms with E-state index in [1.807, 2.05) is 22.6 Å². The zero-order chi connectivity index (χ0) is 63.2. The van der Waals surface area contributed by atoms with Crippen LogP contribution in [-0.2, 0) is 19.1 Å². The van der Waals surface area contributed by atoms with Gasteiger partial charge in [-0.15, -0.1) is 12.3 Å². The van der Waals surface area contributed by atoms with Gasteiger partial charge in [0.15, 0.2) is 51.4 Å². The quantitative estimate of drug-likeness (QED) is 0.0287. The third-order valence-corrected chi connectivity index (χ3v) is 16.0. The van der Waals surface area contributed by atoms with Crippen molar-refractivity contribution in [1.82, 2.24) is 59.5 Å². The van der Waals surface area contributed by atoms with Crippen LogP contribution in [0.2, 0.25) is 0 Å². The summed E-state index contributed by atoms with van der Waals surface area (Å²) >= 11 is 1.91. The third-order valence-electron chi connectivity index (χ3n) is 15.5. The molecule has 89 heavy (non-hydrogen) atoms. The van der Waals surface area contributed by atoms with Crippen molar-refractivity contribution in [1.29, 1.82) is 0 Å². The highest BCUT2D eigenvalue weighted by Gasteiger charge is 2.50. The number of halogens is 1. The van der Waals surface area contributed by atoms with Crippen LogP contribution in [0.5, 0.6) is 11.5 Å². The number of nitrogens with one attached hydrogen (secondary N) is 2. The number of rotatable bonds is 12. The number of hydrogen-bond donors (Lipinski definition) is 8. The van der Waals surface area contributed by atoms with E-state index in [-0.39, 0.29) is 63.7 Å². The molecule has 2 unspecified atom stereocenters. The number of nitro groups is 2. The van der Waals surface area contributed by atoms with E-state index < -0.39 is 82.9 Å². The Morgan fingerprint density at radius 2 is 1.04 bits per heavy atom. The number of benzene rings is 2. The first-order valence-corrected chi connectivity index (χ1v) is 29.5. The van der Waals surface area contributed by atoms with Gasteiger partial charge in [-0.05, 0) is 93.4 Å². The van der Waals surface area contributed by atoms with E-state index in [2.05, 4.69) is 58.3 Å². The van der Waals surface area contributed by atoms with E-state index in [9.17, 15) is 59.8 Å². The number of imidazole rings is 2. The standard InChI is InChI=1S/C28H30N8O8.C15H16N2O4.C13H15IN6O4/c29-24-20-25(35(14-30-20)27-22(38)21(37)23(44-27)26(39)31-16-4-5-16)33-19(32-24)3-1-2-15-10-12-34(13-11-15)28(40)43-18-8-6-17(7-9-18)36(41)42;1-2-3-12-8-10-16(11-9-12)15(18)21-14-6-4-13(5-7-14)17(19)20;14-13-18-9(15)5-10(19-13)20(3-16-5)12-7(22)6(21)8(24-12)11(23)17-4-1-2-4/h6-9,14-16,21-23,27,37-38H,2,4-5,10-13H2,(H,31,39)(H2,29,32,33);1,4-7,12H,3,8-11H2;3-4,6-8,12,21-22H,1-2H2,(H,17,23)(H2,15,18,19)/t21?,22-,23-,27+;;6?,7-,8-,12+/m0.0/s1. The van der Waals surface area contributed by atoms with Gasteiger partial charge in [-0.2, -0.15) is 0 Å². The van der Waals surface area contributed by atoms with Crippen LogP contribution in [0.25, 0.3) is 22.3 Å². The predicted molar refractivity (Wildman–Crippen MR) is 318 cm³/mol. The molecule has 0 radical (unpaired) electrons. The lowest BCUT2D eigenvalue weighted by molar-refractivity contribution is -0.385. The molecule has 4 saturated heterocycles. The number of piperidine rings is 2. The lowest BCUT2D eigenvalue weighted by Crippen LogP contribution is -2.43. The molecule has 2 aromatic carbocycles. The van der Waals surface area contributed by atoms with Crippen LogP contribution in [-0.4, -0.2) is 178 Å². The maximum atomic E-state index is 12.5. The fourth-order valence-electron chi connectivity index (χ4n) is 10.2. The Hall–Kier alpha value is -8.97. The van der Waals surface area contributed by atoms with Gasteiger partial charge in [0.25, 0.3) is 23.2 Å². The molecule has 0 bridgehead atoms. The van der Waals surface area contributed by atoms with E-state index in [1.165, 1.54) is 70.3 Å². The van der Waals surface area contributed by atoms with Crippen molar-refractivity contribution >= 4 is 91.9 Å². The van der Waals surface area contributed by atoms with Crippen molar-refractivity contribution in [2.75, 3.05) is 37.6 Å². The summed E-state index contributed by atoms with van der Waals surface area (Å²) in [6.07, 6.45) is 5.07. The van der Waals surface area contributed by atoms with Crippen molar-refractivity contribution in [2.24, 2.45) is 11.8 Å². The smallest absolute Gasteiger partial charge is 0.410 e. The Balaban J connectivity index is 0.000000163. The molecular weight excluding hydrogens is 1280 g/mol. The Labute approximate surface area is 519 Å². The van der Waals surface area contributed by atoms with E-state index in [0.29, 0.717) is 72.1 Å². The summed E-state index contributed by atoms with van der Waals surface area (Å²) in [5.74, 6) is 9.38. The van der Waals surface area contributed by atoms with Crippen LogP contribution in [0.1, 0.15) is 82.5 Å².